The number of rotatable bonds is 8. The summed E-state index contributed by atoms with van der Waals surface area (Å²) >= 11 is 0. The minimum absolute atomic E-state index is 0.0235. The van der Waals surface area contributed by atoms with Gasteiger partial charge in [0.15, 0.2) is 0 Å². The Labute approximate surface area is 120 Å². The van der Waals surface area contributed by atoms with E-state index in [4.69, 9.17) is 14.6 Å². The lowest BCUT2D eigenvalue weighted by Gasteiger charge is -2.31. The molecule has 0 aromatic carbocycles. The molecule has 0 bridgehead atoms. The van der Waals surface area contributed by atoms with Crippen molar-refractivity contribution < 1.29 is 24.2 Å². The van der Waals surface area contributed by atoms with Crippen molar-refractivity contribution in [2.75, 3.05) is 34.0 Å². The summed E-state index contributed by atoms with van der Waals surface area (Å²) in [5.74, 6) is -1.35. The number of nitrogens with zero attached hydrogens (tertiary/aromatic N) is 1. The van der Waals surface area contributed by atoms with Gasteiger partial charge in [-0.1, -0.05) is 0 Å². The Morgan fingerprint density at radius 3 is 2.40 bits per heavy atom. The highest BCUT2D eigenvalue weighted by atomic mass is 16.5. The number of amides is 1. The maximum absolute atomic E-state index is 12.6. The Kier molecular flexibility index (Phi) is 6.95. The van der Waals surface area contributed by atoms with Gasteiger partial charge in [0.25, 0.3) is 0 Å². The third-order valence-electron chi connectivity index (χ3n) is 3.89. The van der Waals surface area contributed by atoms with E-state index in [9.17, 15) is 9.59 Å². The van der Waals surface area contributed by atoms with Gasteiger partial charge in [-0.15, -0.1) is 0 Å². The minimum Gasteiger partial charge on any atom is -0.481 e. The summed E-state index contributed by atoms with van der Waals surface area (Å²) in [6, 6.07) is -0.0356. The van der Waals surface area contributed by atoms with Crippen LogP contribution in [0.2, 0.25) is 0 Å². The van der Waals surface area contributed by atoms with Crippen molar-refractivity contribution in [3.63, 3.8) is 0 Å². The second kappa shape index (κ2) is 8.21. The molecule has 6 heteroatoms. The zero-order valence-electron chi connectivity index (χ0n) is 12.5. The molecule has 0 heterocycles. The van der Waals surface area contributed by atoms with E-state index < -0.39 is 5.97 Å². The third-order valence-corrected chi connectivity index (χ3v) is 3.89. The van der Waals surface area contributed by atoms with E-state index in [2.05, 4.69) is 0 Å². The quantitative estimate of drug-likeness (QED) is 0.720. The molecule has 1 N–H and O–H groups in total. The average molecular weight is 287 g/mol. The molecule has 0 aliphatic heterocycles. The maximum atomic E-state index is 12.6. The fourth-order valence-electron chi connectivity index (χ4n) is 2.73. The van der Waals surface area contributed by atoms with Crippen molar-refractivity contribution in [2.24, 2.45) is 11.8 Å². The highest BCUT2D eigenvalue weighted by molar-refractivity contribution is 5.81. The molecule has 1 aliphatic rings. The molecule has 1 fully saturated rings. The third kappa shape index (κ3) is 4.45. The number of hydrogen-bond acceptors (Lipinski definition) is 4. The van der Waals surface area contributed by atoms with E-state index in [1.54, 1.807) is 19.1 Å². The molecule has 20 heavy (non-hydrogen) atoms. The predicted molar refractivity (Wildman–Crippen MR) is 73.4 cm³/mol. The molecule has 0 saturated heterocycles. The van der Waals surface area contributed by atoms with Crippen molar-refractivity contribution in [2.45, 2.75) is 32.2 Å². The highest BCUT2D eigenvalue weighted by Crippen LogP contribution is 2.32. The first kappa shape index (κ1) is 16.9. The van der Waals surface area contributed by atoms with E-state index in [0.717, 1.165) is 0 Å². The molecule has 3 atom stereocenters. The number of ether oxygens (including phenoxy) is 2. The van der Waals surface area contributed by atoms with Crippen molar-refractivity contribution >= 4 is 11.9 Å². The Morgan fingerprint density at radius 2 is 1.90 bits per heavy atom. The van der Waals surface area contributed by atoms with Crippen LogP contribution < -0.4 is 0 Å². The van der Waals surface area contributed by atoms with Gasteiger partial charge in [-0.3, -0.25) is 9.59 Å². The first-order chi connectivity index (χ1) is 9.51. The Morgan fingerprint density at radius 1 is 1.25 bits per heavy atom. The van der Waals surface area contributed by atoms with E-state index in [1.165, 1.54) is 0 Å². The van der Waals surface area contributed by atoms with Crippen LogP contribution in [0.3, 0.4) is 0 Å². The van der Waals surface area contributed by atoms with Crippen LogP contribution in [0.5, 0.6) is 0 Å². The average Bonchev–Trinajstić information content (AvgIpc) is 2.89. The Bertz CT molecular complexity index is 334. The summed E-state index contributed by atoms with van der Waals surface area (Å²) in [5, 5.41) is 9.02. The van der Waals surface area contributed by atoms with Crippen LogP contribution in [0, 0.1) is 11.8 Å². The zero-order valence-corrected chi connectivity index (χ0v) is 12.5. The molecule has 1 saturated carbocycles. The Hall–Kier alpha value is -1.14. The molecule has 6 nitrogen and oxygen atoms in total. The van der Waals surface area contributed by atoms with Gasteiger partial charge >= 0.3 is 5.97 Å². The van der Waals surface area contributed by atoms with Crippen LogP contribution >= 0.6 is 0 Å². The lowest BCUT2D eigenvalue weighted by atomic mass is 10.0. The second-order valence-corrected chi connectivity index (χ2v) is 5.37. The maximum Gasteiger partial charge on any atom is 0.306 e. The summed E-state index contributed by atoms with van der Waals surface area (Å²) in [6.07, 6.45) is 1.68. The van der Waals surface area contributed by atoms with Crippen molar-refractivity contribution in [1.29, 1.82) is 0 Å². The second-order valence-electron chi connectivity index (χ2n) is 5.37. The van der Waals surface area contributed by atoms with Crippen molar-refractivity contribution in [3.8, 4) is 0 Å². The van der Waals surface area contributed by atoms with Crippen molar-refractivity contribution in [1.82, 2.24) is 4.90 Å². The van der Waals surface area contributed by atoms with Gasteiger partial charge in [-0.25, -0.2) is 0 Å². The van der Waals surface area contributed by atoms with Gasteiger partial charge in [0.2, 0.25) is 5.91 Å². The minimum atomic E-state index is -0.798. The van der Waals surface area contributed by atoms with Crippen LogP contribution in [0.15, 0.2) is 0 Å². The molecule has 1 amide bonds. The molecule has 0 aromatic heterocycles. The molecule has 0 radical (unpaired) electrons. The predicted octanol–water partition coefficient (Wildman–Crippen LogP) is 0.997. The number of aliphatic carboxylic acids is 1. The summed E-state index contributed by atoms with van der Waals surface area (Å²) in [4.78, 5) is 25.3. The number of carbonyl (C=O) groups is 2. The van der Waals surface area contributed by atoms with E-state index in [1.807, 2.05) is 6.92 Å². The SMILES string of the molecule is COCCN(C(=O)C1CCC(C(=O)O)C1)C(C)COC. The lowest BCUT2D eigenvalue weighted by molar-refractivity contribution is -0.142. The topological polar surface area (TPSA) is 76.1 Å². The number of carboxylic acid groups (broad SMARTS) is 1. The number of carbonyl (C=O) groups excluding carboxylic acids is 1. The van der Waals surface area contributed by atoms with Gasteiger partial charge in [0.05, 0.1) is 25.2 Å². The normalized spacial score (nSPS) is 23.6. The van der Waals surface area contributed by atoms with Crippen LogP contribution in [0.1, 0.15) is 26.2 Å². The smallest absolute Gasteiger partial charge is 0.306 e. The molecule has 0 aromatic rings. The summed E-state index contributed by atoms with van der Waals surface area (Å²) in [6.45, 7) is 3.37. The monoisotopic (exact) mass is 287 g/mol. The molecule has 1 rings (SSSR count). The highest BCUT2D eigenvalue weighted by Gasteiger charge is 2.36. The standard InChI is InChI=1S/C14H25NO5/c1-10(9-20-3)15(6-7-19-2)13(16)11-4-5-12(8-11)14(17)18/h10-12H,4-9H2,1-3H3,(H,17,18). The van der Waals surface area contributed by atoms with Crippen LogP contribution in [0.4, 0.5) is 0 Å². The van der Waals surface area contributed by atoms with Gasteiger partial charge < -0.3 is 19.5 Å². The van der Waals surface area contributed by atoms with E-state index in [-0.39, 0.29) is 23.8 Å². The molecular weight excluding hydrogens is 262 g/mol. The van der Waals surface area contributed by atoms with Gasteiger partial charge in [-0.2, -0.15) is 0 Å². The lowest BCUT2D eigenvalue weighted by Crippen LogP contribution is -2.45. The molecule has 0 spiro atoms. The van der Waals surface area contributed by atoms with Crippen molar-refractivity contribution in [3.05, 3.63) is 0 Å². The molecular formula is C14H25NO5. The van der Waals surface area contributed by atoms with Crippen LogP contribution in [-0.4, -0.2) is 61.9 Å². The van der Waals surface area contributed by atoms with Gasteiger partial charge in [0.1, 0.15) is 0 Å². The molecule has 3 unspecified atom stereocenters. The largest absolute Gasteiger partial charge is 0.481 e. The van der Waals surface area contributed by atoms with Crippen LogP contribution in [-0.2, 0) is 19.1 Å². The first-order valence-corrected chi connectivity index (χ1v) is 7.02. The summed E-state index contributed by atoms with van der Waals surface area (Å²) < 4.78 is 10.2. The zero-order chi connectivity index (χ0) is 15.1. The number of carboxylic acids is 1. The Balaban J connectivity index is 2.65. The van der Waals surface area contributed by atoms with E-state index in [0.29, 0.717) is 39.0 Å². The number of methoxy groups -OCH3 is 2. The summed E-state index contributed by atoms with van der Waals surface area (Å²) in [7, 11) is 3.20. The first-order valence-electron chi connectivity index (χ1n) is 7.02. The summed E-state index contributed by atoms with van der Waals surface area (Å²) in [5.41, 5.74) is 0. The van der Waals surface area contributed by atoms with Crippen LogP contribution in [0.25, 0.3) is 0 Å². The molecule has 1 aliphatic carbocycles. The van der Waals surface area contributed by atoms with Gasteiger partial charge in [-0.05, 0) is 26.2 Å². The van der Waals surface area contributed by atoms with Gasteiger partial charge in [0, 0.05) is 26.7 Å². The molecule has 116 valence electrons. The fourth-order valence-corrected chi connectivity index (χ4v) is 2.73. The fraction of sp³-hybridized carbons (Fsp3) is 0.857. The van der Waals surface area contributed by atoms with E-state index >= 15 is 0 Å². The number of hydrogen-bond donors (Lipinski definition) is 1.